The van der Waals surface area contributed by atoms with Crippen molar-refractivity contribution >= 4 is 0 Å². The molecule has 0 saturated heterocycles. The maximum atomic E-state index is 14.0. The van der Waals surface area contributed by atoms with Crippen molar-refractivity contribution < 1.29 is 13.7 Å². The maximum Gasteiger partial charge on any atom is 0.226 e. The number of nitrogens with one attached hydrogen (secondary N) is 1. The van der Waals surface area contributed by atoms with Crippen molar-refractivity contribution in [2.24, 2.45) is 0 Å². The van der Waals surface area contributed by atoms with Crippen molar-refractivity contribution in [1.29, 1.82) is 0 Å². The molecule has 0 fully saturated rings. The molecule has 0 aliphatic rings. The van der Waals surface area contributed by atoms with Gasteiger partial charge in [0.25, 0.3) is 0 Å². The van der Waals surface area contributed by atoms with Gasteiger partial charge in [0, 0.05) is 24.1 Å². The summed E-state index contributed by atoms with van der Waals surface area (Å²) in [7, 11) is 0. The molecule has 1 aromatic heterocycles. The highest BCUT2D eigenvalue weighted by atomic mass is 19.1. The molecule has 1 unspecified atom stereocenters. The van der Waals surface area contributed by atoms with Crippen molar-refractivity contribution in [2.45, 2.75) is 39.8 Å². The first-order valence-electron chi connectivity index (χ1n) is 7.11. The predicted octanol–water partition coefficient (Wildman–Crippen LogP) is 3.02. The second kappa shape index (κ2) is 7.17. The first-order chi connectivity index (χ1) is 10.1. The first kappa shape index (κ1) is 15.4. The number of halogens is 1. The Labute approximate surface area is 123 Å². The minimum Gasteiger partial charge on any atom is -0.485 e. The largest absolute Gasteiger partial charge is 0.485 e. The van der Waals surface area contributed by atoms with Crippen LogP contribution in [-0.4, -0.2) is 16.7 Å². The van der Waals surface area contributed by atoms with Crippen LogP contribution in [0.4, 0.5) is 4.39 Å². The molecule has 2 rings (SSSR count). The van der Waals surface area contributed by atoms with Gasteiger partial charge in [-0.3, -0.25) is 0 Å². The molecule has 0 bridgehead atoms. The molecule has 1 aromatic carbocycles. The highest BCUT2D eigenvalue weighted by Gasteiger charge is 2.11. The third-order valence-corrected chi connectivity index (χ3v) is 3.13. The van der Waals surface area contributed by atoms with Crippen LogP contribution in [-0.2, 0) is 13.0 Å². The van der Waals surface area contributed by atoms with E-state index in [1.165, 1.54) is 6.07 Å². The number of rotatable bonds is 7. The Bertz CT molecular complexity index is 586. The van der Waals surface area contributed by atoms with E-state index in [2.05, 4.69) is 15.5 Å². The fourth-order valence-corrected chi connectivity index (χ4v) is 2.01. The first-order valence-corrected chi connectivity index (χ1v) is 7.11. The van der Waals surface area contributed by atoms with Crippen LogP contribution in [0.3, 0.4) is 0 Å². The highest BCUT2D eigenvalue weighted by Crippen LogP contribution is 2.22. The monoisotopic (exact) mass is 293 g/mol. The molecule has 0 amide bonds. The lowest BCUT2D eigenvalue weighted by Crippen LogP contribution is -2.18. The molecule has 1 heterocycles. The van der Waals surface area contributed by atoms with E-state index < -0.39 is 0 Å². The molecular weight excluding hydrogens is 273 g/mol. The molecule has 21 heavy (non-hydrogen) atoms. The smallest absolute Gasteiger partial charge is 0.226 e. The Morgan fingerprint density at radius 1 is 1.38 bits per heavy atom. The van der Waals surface area contributed by atoms with Gasteiger partial charge in [-0.15, -0.1) is 0 Å². The molecule has 0 spiro atoms. The van der Waals surface area contributed by atoms with Crippen LogP contribution in [0.5, 0.6) is 5.75 Å². The minimum atomic E-state index is -0.289. The zero-order chi connectivity index (χ0) is 15.2. The average molecular weight is 293 g/mol. The van der Waals surface area contributed by atoms with E-state index >= 15 is 0 Å². The van der Waals surface area contributed by atoms with Crippen LogP contribution in [0.25, 0.3) is 0 Å². The lowest BCUT2D eigenvalue weighted by molar-refractivity contribution is 0.283. The Kier molecular flexibility index (Phi) is 5.27. The molecule has 5 nitrogen and oxygen atoms in total. The zero-order valence-corrected chi connectivity index (χ0v) is 12.5. The van der Waals surface area contributed by atoms with Crippen molar-refractivity contribution in [3.63, 3.8) is 0 Å². The quantitative estimate of drug-likeness (QED) is 0.850. The van der Waals surface area contributed by atoms with Crippen LogP contribution >= 0.6 is 0 Å². The maximum absolute atomic E-state index is 14.0. The second-order valence-corrected chi connectivity index (χ2v) is 4.71. The van der Waals surface area contributed by atoms with E-state index in [0.717, 1.165) is 6.54 Å². The molecule has 1 atom stereocenters. The van der Waals surface area contributed by atoms with Crippen LogP contribution in [0, 0.1) is 5.82 Å². The van der Waals surface area contributed by atoms with Crippen LogP contribution in [0.2, 0.25) is 0 Å². The van der Waals surface area contributed by atoms with E-state index in [-0.39, 0.29) is 18.5 Å². The molecule has 0 saturated carbocycles. The minimum absolute atomic E-state index is 0.0339. The van der Waals surface area contributed by atoms with Crippen molar-refractivity contribution in [3.8, 4) is 5.75 Å². The summed E-state index contributed by atoms with van der Waals surface area (Å²) in [5.74, 6) is 1.18. The van der Waals surface area contributed by atoms with Crippen LogP contribution < -0.4 is 10.1 Å². The van der Waals surface area contributed by atoms with Gasteiger partial charge in [-0.2, -0.15) is 4.98 Å². The van der Waals surface area contributed by atoms with Gasteiger partial charge < -0.3 is 14.6 Å². The SMILES string of the molecule is CCNC(C)c1ccc(OCc2noc(CC)n2)cc1F. The van der Waals surface area contributed by atoms with E-state index in [1.807, 2.05) is 20.8 Å². The fraction of sp³-hybridized carbons (Fsp3) is 0.467. The van der Waals surface area contributed by atoms with Crippen molar-refractivity contribution in [3.05, 3.63) is 41.3 Å². The van der Waals surface area contributed by atoms with E-state index in [4.69, 9.17) is 9.26 Å². The summed E-state index contributed by atoms with van der Waals surface area (Å²) in [6, 6.07) is 4.82. The summed E-state index contributed by atoms with van der Waals surface area (Å²) in [6.45, 7) is 6.79. The summed E-state index contributed by atoms with van der Waals surface area (Å²) in [5, 5.41) is 6.96. The Hall–Kier alpha value is -1.95. The van der Waals surface area contributed by atoms with Crippen molar-refractivity contribution in [2.75, 3.05) is 6.54 Å². The molecule has 2 aromatic rings. The average Bonchev–Trinajstić information content (AvgIpc) is 2.93. The van der Waals surface area contributed by atoms with Gasteiger partial charge in [0.15, 0.2) is 6.61 Å². The molecule has 6 heteroatoms. The summed E-state index contributed by atoms with van der Waals surface area (Å²) >= 11 is 0. The topological polar surface area (TPSA) is 60.2 Å². The molecule has 1 N–H and O–H groups in total. The fourth-order valence-electron chi connectivity index (χ4n) is 2.01. The normalized spacial score (nSPS) is 12.4. The second-order valence-electron chi connectivity index (χ2n) is 4.71. The third-order valence-electron chi connectivity index (χ3n) is 3.13. The van der Waals surface area contributed by atoms with Crippen LogP contribution in [0.15, 0.2) is 22.7 Å². The number of hydrogen-bond acceptors (Lipinski definition) is 5. The van der Waals surface area contributed by atoms with Gasteiger partial charge >= 0.3 is 0 Å². The molecule has 114 valence electrons. The summed E-state index contributed by atoms with van der Waals surface area (Å²) in [5.41, 5.74) is 0.622. The van der Waals surface area contributed by atoms with E-state index in [9.17, 15) is 4.39 Å². The van der Waals surface area contributed by atoms with Crippen molar-refractivity contribution in [1.82, 2.24) is 15.5 Å². The molecule has 0 aliphatic heterocycles. The lowest BCUT2D eigenvalue weighted by Gasteiger charge is -2.14. The van der Waals surface area contributed by atoms with Gasteiger partial charge in [0.05, 0.1) is 0 Å². The number of benzene rings is 1. The number of ether oxygens (including phenoxy) is 1. The Balaban J connectivity index is 1.99. The number of aromatic nitrogens is 2. The van der Waals surface area contributed by atoms with Gasteiger partial charge in [-0.25, -0.2) is 4.39 Å². The Morgan fingerprint density at radius 3 is 2.81 bits per heavy atom. The molecular formula is C15H20FN3O2. The summed E-state index contributed by atoms with van der Waals surface area (Å²) in [6.07, 6.45) is 0.679. The molecule has 0 radical (unpaired) electrons. The zero-order valence-electron chi connectivity index (χ0n) is 12.5. The van der Waals surface area contributed by atoms with Gasteiger partial charge in [-0.1, -0.05) is 25.1 Å². The number of nitrogens with zero attached hydrogens (tertiary/aromatic N) is 2. The lowest BCUT2D eigenvalue weighted by atomic mass is 10.1. The predicted molar refractivity (Wildman–Crippen MR) is 76.5 cm³/mol. The van der Waals surface area contributed by atoms with E-state index in [0.29, 0.717) is 29.4 Å². The van der Waals surface area contributed by atoms with E-state index in [1.54, 1.807) is 12.1 Å². The molecule has 0 aliphatic carbocycles. The Morgan fingerprint density at radius 2 is 2.19 bits per heavy atom. The standard InChI is InChI=1S/C15H20FN3O2/c1-4-15-18-14(19-21-15)9-20-11-6-7-12(13(16)8-11)10(3)17-5-2/h6-8,10,17H,4-5,9H2,1-3H3. The van der Waals surface area contributed by atoms with Crippen LogP contribution in [0.1, 0.15) is 44.1 Å². The van der Waals surface area contributed by atoms with Gasteiger partial charge in [0.2, 0.25) is 11.7 Å². The third kappa shape index (κ3) is 4.01. The highest BCUT2D eigenvalue weighted by molar-refractivity contribution is 5.30. The van der Waals surface area contributed by atoms with Gasteiger partial charge in [-0.05, 0) is 19.5 Å². The summed E-state index contributed by atoms with van der Waals surface area (Å²) in [4.78, 5) is 4.13. The van der Waals surface area contributed by atoms with Gasteiger partial charge in [0.1, 0.15) is 11.6 Å². The number of hydrogen-bond donors (Lipinski definition) is 1. The number of aryl methyl sites for hydroxylation is 1. The summed E-state index contributed by atoms with van der Waals surface area (Å²) < 4.78 is 24.5.